The van der Waals surface area contributed by atoms with Gasteiger partial charge in [-0.3, -0.25) is 9.59 Å². The standard InChI is InChI=1S/C22H23F3N2O3/c1-14-9-16(11-17(10-14)22(23,24)25)21(29)27-8-4-5-15(13-27)20(28)26-18-6-3-7-19(12-18)30-2/h3,6-7,9-12,15H,4-5,8,13H2,1-2H3,(H,26,28). The number of carbonyl (C=O) groups excluding carboxylic acids is 2. The maximum Gasteiger partial charge on any atom is 0.416 e. The van der Waals surface area contributed by atoms with E-state index in [1.165, 1.54) is 25.0 Å². The number of nitrogens with zero attached hydrogens (tertiary/aromatic N) is 1. The quantitative estimate of drug-likeness (QED) is 0.792. The number of amides is 2. The Morgan fingerprint density at radius 2 is 1.93 bits per heavy atom. The number of hydrogen-bond acceptors (Lipinski definition) is 3. The predicted octanol–water partition coefficient (Wildman–Crippen LogP) is 4.51. The minimum absolute atomic E-state index is 0.0174. The molecule has 1 saturated heterocycles. The molecule has 1 aliphatic rings. The third-order valence-electron chi connectivity index (χ3n) is 5.07. The lowest BCUT2D eigenvalue weighted by atomic mass is 9.96. The van der Waals surface area contributed by atoms with E-state index in [2.05, 4.69) is 5.32 Å². The lowest BCUT2D eigenvalue weighted by Crippen LogP contribution is -2.43. The first-order chi connectivity index (χ1) is 14.2. The molecule has 0 radical (unpaired) electrons. The largest absolute Gasteiger partial charge is 0.497 e. The SMILES string of the molecule is COc1cccc(NC(=O)C2CCCN(C(=O)c3cc(C)cc(C(F)(F)F)c3)C2)c1. The molecule has 1 unspecified atom stereocenters. The van der Waals surface area contributed by atoms with Gasteiger partial charge in [0.05, 0.1) is 18.6 Å². The molecule has 0 aliphatic carbocycles. The van der Waals surface area contributed by atoms with E-state index in [1.54, 1.807) is 24.3 Å². The minimum atomic E-state index is -4.53. The summed E-state index contributed by atoms with van der Waals surface area (Å²) in [5.74, 6) is -0.571. The van der Waals surface area contributed by atoms with Crippen molar-refractivity contribution < 1.29 is 27.5 Å². The summed E-state index contributed by atoms with van der Waals surface area (Å²) in [5.41, 5.74) is 0.0696. The molecule has 30 heavy (non-hydrogen) atoms. The van der Waals surface area contributed by atoms with Crippen molar-refractivity contribution in [3.8, 4) is 5.75 Å². The maximum absolute atomic E-state index is 13.1. The summed E-state index contributed by atoms with van der Waals surface area (Å²) in [6, 6.07) is 10.3. The third kappa shape index (κ3) is 5.11. The molecule has 0 saturated carbocycles. The number of likely N-dealkylation sites (tertiary alicyclic amines) is 1. The number of anilines is 1. The van der Waals surface area contributed by atoms with E-state index in [1.807, 2.05) is 0 Å². The number of hydrogen-bond donors (Lipinski definition) is 1. The zero-order chi connectivity index (χ0) is 21.9. The summed E-state index contributed by atoms with van der Waals surface area (Å²) in [6.45, 7) is 2.08. The Bertz CT molecular complexity index is 943. The highest BCUT2D eigenvalue weighted by Crippen LogP contribution is 2.31. The number of ether oxygens (including phenoxy) is 1. The Labute approximate surface area is 172 Å². The molecule has 2 aromatic carbocycles. The van der Waals surface area contributed by atoms with Crippen molar-refractivity contribution >= 4 is 17.5 Å². The molecule has 1 heterocycles. The van der Waals surface area contributed by atoms with E-state index in [9.17, 15) is 22.8 Å². The first-order valence-electron chi connectivity index (χ1n) is 9.60. The fraction of sp³-hybridized carbons (Fsp3) is 0.364. The Morgan fingerprint density at radius 3 is 2.63 bits per heavy atom. The van der Waals surface area contributed by atoms with Crippen LogP contribution in [0, 0.1) is 12.8 Å². The number of halogens is 3. The molecule has 1 atom stereocenters. The van der Waals surface area contributed by atoms with Crippen LogP contribution in [-0.2, 0) is 11.0 Å². The topological polar surface area (TPSA) is 58.6 Å². The summed E-state index contributed by atoms with van der Waals surface area (Å²) in [7, 11) is 1.53. The molecule has 1 N–H and O–H groups in total. The number of benzene rings is 2. The van der Waals surface area contributed by atoms with Crippen LogP contribution in [0.1, 0.15) is 34.3 Å². The van der Waals surface area contributed by atoms with Gasteiger partial charge in [-0.25, -0.2) is 0 Å². The monoisotopic (exact) mass is 420 g/mol. The Hall–Kier alpha value is -3.03. The summed E-state index contributed by atoms with van der Waals surface area (Å²) in [6.07, 6.45) is -3.33. The van der Waals surface area contributed by atoms with Gasteiger partial charge in [0.2, 0.25) is 5.91 Å². The molecule has 0 aromatic heterocycles. The van der Waals surface area contributed by atoms with Crippen LogP contribution in [0.2, 0.25) is 0 Å². The van der Waals surface area contributed by atoms with Crippen LogP contribution in [0.3, 0.4) is 0 Å². The van der Waals surface area contributed by atoms with Crippen molar-refractivity contribution in [1.29, 1.82) is 0 Å². The molecule has 2 amide bonds. The highest BCUT2D eigenvalue weighted by atomic mass is 19.4. The molecule has 0 spiro atoms. The van der Waals surface area contributed by atoms with Gasteiger partial charge in [-0.05, 0) is 55.7 Å². The fourth-order valence-corrected chi connectivity index (χ4v) is 3.57. The molecular formula is C22H23F3N2O3. The summed E-state index contributed by atoms with van der Waals surface area (Å²) in [5, 5.41) is 2.82. The number of carbonyl (C=O) groups is 2. The zero-order valence-electron chi connectivity index (χ0n) is 16.8. The number of rotatable bonds is 4. The summed E-state index contributed by atoms with van der Waals surface area (Å²) < 4.78 is 44.4. The first kappa shape index (κ1) is 21.7. The lowest BCUT2D eigenvalue weighted by molar-refractivity contribution is -0.137. The van der Waals surface area contributed by atoms with Gasteiger partial charge in [0.15, 0.2) is 0 Å². The van der Waals surface area contributed by atoms with Crippen molar-refractivity contribution in [2.75, 3.05) is 25.5 Å². The highest BCUT2D eigenvalue weighted by Gasteiger charge is 2.33. The van der Waals surface area contributed by atoms with Gasteiger partial charge in [0, 0.05) is 30.4 Å². The normalized spacial score (nSPS) is 16.8. The van der Waals surface area contributed by atoms with E-state index < -0.39 is 23.6 Å². The molecular weight excluding hydrogens is 397 g/mol. The number of methoxy groups -OCH3 is 1. The second-order valence-corrected chi connectivity index (χ2v) is 7.40. The summed E-state index contributed by atoms with van der Waals surface area (Å²) >= 11 is 0. The Kier molecular flexibility index (Phi) is 6.34. The molecule has 8 heteroatoms. The predicted molar refractivity (Wildman–Crippen MR) is 106 cm³/mol. The molecule has 0 bridgehead atoms. The van der Waals surface area contributed by atoms with Crippen LogP contribution < -0.4 is 10.1 Å². The average Bonchev–Trinajstić information content (AvgIpc) is 2.72. The van der Waals surface area contributed by atoms with Gasteiger partial charge in [-0.15, -0.1) is 0 Å². The van der Waals surface area contributed by atoms with Crippen LogP contribution >= 0.6 is 0 Å². The number of piperidine rings is 1. The third-order valence-corrected chi connectivity index (χ3v) is 5.07. The molecule has 2 aromatic rings. The van der Waals surface area contributed by atoms with Crippen molar-refractivity contribution in [1.82, 2.24) is 4.90 Å². The molecule has 160 valence electrons. The van der Waals surface area contributed by atoms with E-state index in [0.717, 1.165) is 12.1 Å². The molecule has 1 aliphatic heterocycles. The van der Waals surface area contributed by atoms with Crippen molar-refractivity contribution in [3.05, 3.63) is 59.2 Å². The molecule has 1 fully saturated rings. The number of nitrogens with one attached hydrogen (secondary N) is 1. The van der Waals surface area contributed by atoms with Crippen molar-refractivity contribution in [3.63, 3.8) is 0 Å². The lowest BCUT2D eigenvalue weighted by Gasteiger charge is -2.32. The van der Waals surface area contributed by atoms with Gasteiger partial charge < -0.3 is 15.0 Å². The zero-order valence-corrected chi connectivity index (χ0v) is 16.8. The Balaban J connectivity index is 1.72. The number of aryl methyl sites for hydroxylation is 1. The second-order valence-electron chi connectivity index (χ2n) is 7.40. The van der Waals surface area contributed by atoms with E-state index in [4.69, 9.17) is 4.74 Å². The molecule has 5 nitrogen and oxygen atoms in total. The number of alkyl halides is 3. The van der Waals surface area contributed by atoms with E-state index in [0.29, 0.717) is 36.4 Å². The van der Waals surface area contributed by atoms with Crippen LogP contribution in [0.4, 0.5) is 18.9 Å². The fourth-order valence-electron chi connectivity index (χ4n) is 3.57. The second kappa shape index (κ2) is 8.77. The highest BCUT2D eigenvalue weighted by molar-refractivity contribution is 5.96. The van der Waals surface area contributed by atoms with E-state index in [-0.39, 0.29) is 18.0 Å². The van der Waals surface area contributed by atoms with E-state index >= 15 is 0 Å². The smallest absolute Gasteiger partial charge is 0.416 e. The Morgan fingerprint density at radius 1 is 1.17 bits per heavy atom. The van der Waals surface area contributed by atoms with Gasteiger partial charge in [-0.2, -0.15) is 13.2 Å². The van der Waals surface area contributed by atoms with Gasteiger partial charge in [-0.1, -0.05) is 6.07 Å². The van der Waals surface area contributed by atoms with Gasteiger partial charge >= 0.3 is 6.18 Å². The van der Waals surface area contributed by atoms with Crippen LogP contribution in [0.25, 0.3) is 0 Å². The first-order valence-corrected chi connectivity index (χ1v) is 9.60. The molecule has 3 rings (SSSR count). The van der Waals surface area contributed by atoms with Crippen LogP contribution in [-0.4, -0.2) is 36.9 Å². The summed E-state index contributed by atoms with van der Waals surface area (Å²) in [4.78, 5) is 27.0. The van der Waals surface area contributed by atoms with Crippen LogP contribution in [0.15, 0.2) is 42.5 Å². The average molecular weight is 420 g/mol. The van der Waals surface area contributed by atoms with Crippen LogP contribution in [0.5, 0.6) is 5.75 Å². The maximum atomic E-state index is 13.1. The van der Waals surface area contributed by atoms with Crippen molar-refractivity contribution in [2.45, 2.75) is 25.9 Å². The van der Waals surface area contributed by atoms with Gasteiger partial charge in [0.1, 0.15) is 5.75 Å². The van der Waals surface area contributed by atoms with Crippen molar-refractivity contribution in [2.24, 2.45) is 5.92 Å². The minimum Gasteiger partial charge on any atom is -0.497 e. The van der Waals surface area contributed by atoms with Gasteiger partial charge in [0.25, 0.3) is 5.91 Å².